The van der Waals surface area contributed by atoms with Gasteiger partial charge in [0, 0.05) is 0 Å². The van der Waals surface area contributed by atoms with Crippen LogP contribution in [0.1, 0.15) is 0 Å². The van der Waals surface area contributed by atoms with E-state index >= 15 is 0 Å². The summed E-state index contributed by atoms with van der Waals surface area (Å²) >= 11 is 0. The van der Waals surface area contributed by atoms with Crippen LogP contribution in [0.3, 0.4) is 0 Å². The van der Waals surface area contributed by atoms with Gasteiger partial charge >= 0.3 is 6.15 Å². The molecule has 6 nitrogen and oxygen atoms in total. The van der Waals surface area contributed by atoms with E-state index in [2.05, 4.69) is 21.5 Å². The zero-order valence-electron chi connectivity index (χ0n) is 9.74. The Balaban J connectivity index is 0.000000408. The van der Waals surface area contributed by atoms with Gasteiger partial charge in [0.25, 0.3) is 5.88 Å². The highest BCUT2D eigenvalue weighted by Crippen LogP contribution is 2.23. The summed E-state index contributed by atoms with van der Waals surface area (Å²) in [5.41, 5.74) is 0. The molecule has 0 radical (unpaired) electrons. The molecule has 0 amide bonds. The van der Waals surface area contributed by atoms with Gasteiger partial charge in [0.1, 0.15) is 11.9 Å². The Hall–Kier alpha value is -2.98. The topological polar surface area (TPSA) is 84.9 Å². The smallest absolute Gasteiger partial charge is 0.373 e. The van der Waals surface area contributed by atoms with Crippen molar-refractivity contribution in [1.29, 1.82) is 0 Å². The van der Waals surface area contributed by atoms with Crippen molar-refractivity contribution in [1.82, 2.24) is 15.4 Å². The second-order valence-corrected chi connectivity index (χ2v) is 3.50. The van der Waals surface area contributed by atoms with Crippen molar-refractivity contribution < 1.29 is 14.3 Å². The van der Waals surface area contributed by atoms with Gasteiger partial charge in [-0.05, 0) is 22.9 Å². The Morgan fingerprint density at radius 2 is 1.79 bits per heavy atom. The minimum Gasteiger partial charge on any atom is -0.436 e. The maximum absolute atomic E-state index is 8.12. The lowest BCUT2D eigenvalue weighted by Gasteiger charge is -2.03. The Morgan fingerprint density at radius 3 is 2.47 bits per heavy atom. The summed E-state index contributed by atoms with van der Waals surface area (Å²) in [5, 5.41) is 12.3. The highest BCUT2D eigenvalue weighted by atomic mass is 16.5. The minimum absolute atomic E-state index is 0.250. The number of nitrogens with zero attached hydrogens (tertiary/aromatic N) is 2. The van der Waals surface area contributed by atoms with E-state index in [1.807, 2.05) is 36.4 Å². The summed E-state index contributed by atoms with van der Waals surface area (Å²) in [7, 11) is 0. The Bertz CT molecular complexity index is 689. The van der Waals surface area contributed by atoms with Gasteiger partial charge in [0.2, 0.25) is 0 Å². The third-order valence-corrected chi connectivity index (χ3v) is 2.34. The van der Waals surface area contributed by atoms with Crippen LogP contribution in [0.15, 0.2) is 48.7 Å². The van der Waals surface area contributed by atoms with Crippen LogP contribution < -0.4 is 4.74 Å². The predicted octanol–water partition coefficient (Wildman–Crippen LogP) is 2.17. The van der Waals surface area contributed by atoms with Crippen LogP contribution in [0.4, 0.5) is 0 Å². The first-order valence-electron chi connectivity index (χ1n) is 5.35. The molecule has 0 fully saturated rings. The van der Waals surface area contributed by atoms with E-state index in [9.17, 15) is 0 Å². The normalized spacial score (nSPS) is 9.26. The Labute approximate surface area is 108 Å². The monoisotopic (exact) mass is 255 g/mol. The highest BCUT2D eigenvalue weighted by molar-refractivity contribution is 5.83. The number of nitrogens with one attached hydrogen (secondary N) is 1. The van der Waals surface area contributed by atoms with Crippen molar-refractivity contribution in [2.45, 2.75) is 0 Å². The van der Waals surface area contributed by atoms with Crippen LogP contribution >= 0.6 is 0 Å². The van der Waals surface area contributed by atoms with E-state index in [-0.39, 0.29) is 6.15 Å². The van der Waals surface area contributed by atoms with Crippen LogP contribution in [0.5, 0.6) is 11.6 Å². The van der Waals surface area contributed by atoms with Gasteiger partial charge in [-0.2, -0.15) is 19.9 Å². The highest BCUT2D eigenvalue weighted by Gasteiger charge is 2.00. The lowest BCUT2D eigenvalue weighted by Crippen LogP contribution is -1.84. The lowest BCUT2D eigenvalue weighted by atomic mass is 10.1. The quantitative estimate of drug-likeness (QED) is 0.758. The number of hydrogen-bond acceptors (Lipinski definition) is 5. The Morgan fingerprint density at radius 1 is 1.05 bits per heavy atom. The third kappa shape index (κ3) is 3.24. The number of ether oxygens (including phenoxy) is 1. The third-order valence-electron chi connectivity index (χ3n) is 2.34. The second kappa shape index (κ2) is 6.09. The number of hydrogen-bond donors (Lipinski definition) is 1. The molecule has 3 aromatic rings. The zero-order valence-corrected chi connectivity index (χ0v) is 9.74. The average molecular weight is 255 g/mol. The number of fused-ring (bicyclic) bond motifs is 1. The van der Waals surface area contributed by atoms with Gasteiger partial charge in [0.15, 0.2) is 0 Å². The fourth-order valence-electron chi connectivity index (χ4n) is 1.59. The number of aromatic nitrogens is 3. The molecule has 0 saturated heterocycles. The summed E-state index contributed by atoms with van der Waals surface area (Å²) in [4.78, 5) is 16.2. The molecular weight excluding hydrogens is 246 g/mol. The average Bonchev–Trinajstić information content (AvgIpc) is 2.92. The first-order valence-corrected chi connectivity index (χ1v) is 5.35. The van der Waals surface area contributed by atoms with Crippen molar-refractivity contribution in [2.75, 3.05) is 0 Å². The molecule has 0 spiro atoms. The molecule has 94 valence electrons. The van der Waals surface area contributed by atoms with Gasteiger partial charge in [-0.25, -0.2) is 0 Å². The van der Waals surface area contributed by atoms with Crippen LogP contribution in [0, 0.1) is 0 Å². The molecule has 2 aromatic carbocycles. The van der Waals surface area contributed by atoms with E-state index in [0.717, 1.165) is 11.1 Å². The van der Waals surface area contributed by atoms with Crippen LogP contribution in [0.25, 0.3) is 10.8 Å². The molecule has 1 N–H and O–H groups in total. The van der Waals surface area contributed by atoms with Crippen molar-refractivity contribution in [3.8, 4) is 11.6 Å². The standard InChI is InChI=1S/C12H9N3O.CO2/c1-2-4-10-7-11(6-5-9(10)3-1)16-12-8-13-15-14-12;2-1-3/h1-8H,(H,13,14,15);. The van der Waals surface area contributed by atoms with Crippen molar-refractivity contribution in [3.05, 3.63) is 48.7 Å². The first kappa shape index (κ1) is 12.5. The second-order valence-electron chi connectivity index (χ2n) is 3.50. The van der Waals surface area contributed by atoms with Crippen molar-refractivity contribution in [2.24, 2.45) is 0 Å². The number of carbonyl (C=O) groups excluding carboxylic acids is 2. The number of H-pyrrole nitrogens is 1. The van der Waals surface area contributed by atoms with Crippen LogP contribution in [-0.4, -0.2) is 21.6 Å². The molecule has 1 aromatic heterocycles. The van der Waals surface area contributed by atoms with E-state index in [1.54, 1.807) is 0 Å². The Kier molecular flexibility index (Phi) is 4.00. The molecule has 0 aliphatic heterocycles. The molecule has 0 aliphatic carbocycles. The molecule has 0 unspecified atom stereocenters. The number of rotatable bonds is 2. The van der Waals surface area contributed by atoms with Crippen molar-refractivity contribution >= 4 is 16.9 Å². The lowest BCUT2D eigenvalue weighted by molar-refractivity contribution is -0.191. The van der Waals surface area contributed by atoms with Crippen LogP contribution in [0.2, 0.25) is 0 Å². The van der Waals surface area contributed by atoms with Crippen LogP contribution in [-0.2, 0) is 9.59 Å². The zero-order chi connectivity index (χ0) is 13.5. The number of aromatic amines is 1. The van der Waals surface area contributed by atoms with Gasteiger partial charge in [-0.1, -0.05) is 30.3 Å². The molecule has 0 atom stereocenters. The molecule has 0 bridgehead atoms. The van der Waals surface area contributed by atoms with E-state index < -0.39 is 0 Å². The maximum atomic E-state index is 8.12. The molecule has 0 saturated carbocycles. The fourth-order valence-corrected chi connectivity index (χ4v) is 1.59. The minimum atomic E-state index is 0.250. The largest absolute Gasteiger partial charge is 0.436 e. The number of benzene rings is 2. The molecule has 6 heteroatoms. The van der Waals surface area contributed by atoms with Gasteiger partial charge < -0.3 is 4.74 Å². The van der Waals surface area contributed by atoms with E-state index in [4.69, 9.17) is 14.3 Å². The summed E-state index contributed by atoms with van der Waals surface area (Å²) in [5.74, 6) is 1.22. The fraction of sp³-hybridized carbons (Fsp3) is 0. The summed E-state index contributed by atoms with van der Waals surface area (Å²) in [6.45, 7) is 0. The molecule has 3 rings (SSSR count). The van der Waals surface area contributed by atoms with Gasteiger partial charge in [-0.15, -0.1) is 5.10 Å². The maximum Gasteiger partial charge on any atom is 0.373 e. The summed E-state index contributed by atoms with van der Waals surface area (Å²) in [6, 6.07) is 14.0. The van der Waals surface area contributed by atoms with Gasteiger partial charge in [-0.3, -0.25) is 0 Å². The molecule has 19 heavy (non-hydrogen) atoms. The molecule has 0 aliphatic rings. The molecular formula is C13H9N3O3. The SMILES string of the molecule is O=C=O.c1ccc2cc(Oc3cn[nH]n3)ccc2c1. The van der Waals surface area contributed by atoms with E-state index in [0.29, 0.717) is 5.88 Å². The first-order chi connectivity index (χ1) is 9.33. The van der Waals surface area contributed by atoms with Crippen molar-refractivity contribution in [3.63, 3.8) is 0 Å². The van der Waals surface area contributed by atoms with E-state index in [1.165, 1.54) is 11.6 Å². The summed E-state index contributed by atoms with van der Waals surface area (Å²) in [6.07, 6.45) is 1.79. The van der Waals surface area contributed by atoms with Gasteiger partial charge in [0.05, 0.1) is 0 Å². The molecule has 1 heterocycles. The predicted molar refractivity (Wildman–Crippen MR) is 65.4 cm³/mol. The summed E-state index contributed by atoms with van der Waals surface area (Å²) < 4.78 is 5.52.